The van der Waals surface area contributed by atoms with Crippen LogP contribution in [-0.4, -0.2) is 45.4 Å². The first-order chi connectivity index (χ1) is 11.0. The van der Waals surface area contributed by atoms with Gasteiger partial charge in [0.15, 0.2) is 0 Å². The van der Waals surface area contributed by atoms with Crippen LogP contribution in [0.15, 0.2) is 23.1 Å². The predicted molar refractivity (Wildman–Crippen MR) is 87.9 cm³/mol. The third-order valence-electron chi connectivity index (χ3n) is 3.74. The molecule has 2 rings (SSSR count). The third kappa shape index (κ3) is 4.21. The average molecular weight is 341 g/mol. The van der Waals surface area contributed by atoms with E-state index in [0.717, 1.165) is 12.8 Å². The summed E-state index contributed by atoms with van der Waals surface area (Å²) in [6, 6.07) is 4.58. The smallest absolute Gasteiger partial charge is 0.246 e. The van der Waals surface area contributed by atoms with Gasteiger partial charge in [-0.25, -0.2) is 8.42 Å². The SMILES string of the molecule is COc1cc(NC(=O)CCCN)ccc1S(=O)(=O)N1CCCC1. The van der Waals surface area contributed by atoms with E-state index in [1.165, 1.54) is 23.5 Å². The van der Waals surface area contributed by atoms with Crippen molar-refractivity contribution in [3.8, 4) is 5.75 Å². The van der Waals surface area contributed by atoms with Crippen molar-refractivity contribution in [2.45, 2.75) is 30.6 Å². The molecule has 1 heterocycles. The number of hydrogen-bond donors (Lipinski definition) is 2. The maximum absolute atomic E-state index is 12.6. The number of anilines is 1. The second-order valence-electron chi connectivity index (χ2n) is 5.42. The number of carbonyl (C=O) groups excluding carboxylic acids is 1. The molecule has 1 aliphatic heterocycles. The number of rotatable bonds is 7. The van der Waals surface area contributed by atoms with E-state index in [1.807, 2.05) is 0 Å². The highest BCUT2D eigenvalue weighted by Crippen LogP contribution is 2.31. The molecule has 3 N–H and O–H groups in total. The lowest BCUT2D eigenvalue weighted by molar-refractivity contribution is -0.116. The first-order valence-corrected chi connectivity index (χ1v) is 9.11. The molecular formula is C15H23N3O4S. The number of nitrogens with zero attached hydrogens (tertiary/aromatic N) is 1. The molecule has 0 spiro atoms. The number of ether oxygens (including phenoxy) is 1. The van der Waals surface area contributed by atoms with E-state index in [1.54, 1.807) is 6.07 Å². The highest BCUT2D eigenvalue weighted by atomic mass is 32.2. The molecule has 8 heteroatoms. The Balaban J connectivity index is 2.21. The highest BCUT2D eigenvalue weighted by Gasteiger charge is 2.30. The zero-order valence-electron chi connectivity index (χ0n) is 13.2. The summed E-state index contributed by atoms with van der Waals surface area (Å²) in [6.07, 6.45) is 2.67. The molecule has 7 nitrogen and oxygen atoms in total. The van der Waals surface area contributed by atoms with Crippen LogP contribution in [0.25, 0.3) is 0 Å². The molecular weight excluding hydrogens is 318 g/mol. The normalized spacial score (nSPS) is 15.6. The van der Waals surface area contributed by atoms with Gasteiger partial charge in [0.05, 0.1) is 7.11 Å². The molecule has 23 heavy (non-hydrogen) atoms. The molecule has 1 fully saturated rings. The Morgan fingerprint density at radius 3 is 2.65 bits per heavy atom. The van der Waals surface area contributed by atoms with Gasteiger partial charge in [0.1, 0.15) is 10.6 Å². The number of hydrogen-bond acceptors (Lipinski definition) is 5. The fourth-order valence-corrected chi connectivity index (χ4v) is 4.17. The Kier molecular flexibility index (Phi) is 5.97. The Morgan fingerprint density at radius 1 is 1.35 bits per heavy atom. The molecule has 1 amide bonds. The number of methoxy groups -OCH3 is 1. The van der Waals surface area contributed by atoms with Crippen LogP contribution in [0.1, 0.15) is 25.7 Å². The van der Waals surface area contributed by atoms with Crippen molar-refractivity contribution in [3.63, 3.8) is 0 Å². The molecule has 0 radical (unpaired) electrons. The summed E-state index contributed by atoms with van der Waals surface area (Å²) in [5.74, 6) is 0.0705. The second-order valence-corrected chi connectivity index (χ2v) is 7.32. The maximum atomic E-state index is 12.6. The van der Waals surface area contributed by atoms with E-state index in [0.29, 0.717) is 38.2 Å². The van der Waals surface area contributed by atoms with Crippen LogP contribution < -0.4 is 15.8 Å². The van der Waals surface area contributed by atoms with Crippen molar-refractivity contribution in [2.75, 3.05) is 32.1 Å². The van der Waals surface area contributed by atoms with E-state index in [4.69, 9.17) is 10.5 Å². The number of carbonyl (C=O) groups is 1. The minimum atomic E-state index is -3.56. The first-order valence-electron chi connectivity index (χ1n) is 7.67. The zero-order chi connectivity index (χ0) is 16.9. The fraction of sp³-hybridized carbons (Fsp3) is 0.533. The lowest BCUT2D eigenvalue weighted by Gasteiger charge is -2.18. The maximum Gasteiger partial charge on any atom is 0.246 e. The Labute approximate surface area is 136 Å². The van der Waals surface area contributed by atoms with Crippen LogP contribution in [-0.2, 0) is 14.8 Å². The van der Waals surface area contributed by atoms with Crippen LogP contribution in [0.2, 0.25) is 0 Å². The van der Waals surface area contributed by atoms with Gasteiger partial charge in [0.25, 0.3) is 0 Å². The summed E-state index contributed by atoms with van der Waals surface area (Å²) in [7, 11) is -2.15. The largest absolute Gasteiger partial charge is 0.495 e. The van der Waals surface area contributed by atoms with E-state index in [-0.39, 0.29) is 16.6 Å². The summed E-state index contributed by atoms with van der Waals surface area (Å²) in [6.45, 7) is 1.51. The van der Waals surface area contributed by atoms with Crippen molar-refractivity contribution >= 4 is 21.6 Å². The van der Waals surface area contributed by atoms with Gasteiger partial charge in [0, 0.05) is 31.3 Å². The van der Waals surface area contributed by atoms with Crippen molar-refractivity contribution in [2.24, 2.45) is 5.73 Å². The van der Waals surface area contributed by atoms with Crippen LogP contribution in [0.5, 0.6) is 5.75 Å². The van der Waals surface area contributed by atoms with E-state index in [9.17, 15) is 13.2 Å². The molecule has 0 unspecified atom stereocenters. The van der Waals surface area contributed by atoms with Crippen molar-refractivity contribution in [3.05, 3.63) is 18.2 Å². The minimum Gasteiger partial charge on any atom is -0.495 e. The molecule has 1 aromatic rings. The fourth-order valence-electron chi connectivity index (χ4n) is 2.51. The van der Waals surface area contributed by atoms with Crippen molar-refractivity contribution < 1.29 is 17.9 Å². The van der Waals surface area contributed by atoms with Gasteiger partial charge in [-0.3, -0.25) is 4.79 Å². The molecule has 1 aromatic carbocycles. The lowest BCUT2D eigenvalue weighted by atomic mass is 10.2. The second kappa shape index (κ2) is 7.76. The molecule has 1 saturated heterocycles. The number of benzene rings is 1. The lowest BCUT2D eigenvalue weighted by Crippen LogP contribution is -2.28. The van der Waals surface area contributed by atoms with Crippen LogP contribution in [0.4, 0.5) is 5.69 Å². The van der Waals surface area contributed by atoms with Crippen LogP contribution in [0.3, 0.4) is 0 Å². The van der Waals surface area contributed by atoms with Crippen molar-refractivity contribution in [1.29, 1.82) is 0 Å². The molecule has 0 bridgehead atoms. The quantitative estimate of drug-likeness (QED) is 0.775. The third-order valence-corrected chi connectivity index (χ3v) is 5.68. The summed E-state index contributed by atoms with van der Waals surface area (Å²) in [4.78, 5) is 11.9. The van der Waals surface area contributed by atoms with Gasteiger partial charge in [-0.1, -0.05) is 0 Å². The van der Waals surface area contributed by atoms with Crippen LogP contribution in [0, 0.1) is 0 Å². The standard InChI is InChI=1S/C15H23N3O4S/c1-22-13-11-12(17-15(19)5-4-8-16)6-7-14(13)23(20,21)18-9-2-3-10-18/h6-7,11H,2-5,8-10,16H2,1H3,(H,17,19). The van der Waals surface area contributed by atoms with Crippen molar-refractivity contribution in [1.82, 2.24) is 4.31 Å². The summed E-state index contributed by atoms with van der Waals surface area (Å²) in [5.41, 5.74) is 5.88. The van der Waals surface area contributed by atoms with E-state index in [2.05, 4.69) is 5.32 Å². The van der Waals surface area contributed by atoms with Gasteiger partial charge < -0.3 is 15.8 Å². The number of amides is 1. The van der Waals surface area contributed by atoms with Crippen LogP contribution >= 0.6 is 0 Å². The predicted octanol–water partition coefficient (Wildman–Crippen LogP) is 1.16. The average Bonchev–Trinajstić information content (AvgIpc) is 3.07. The topological polar surface area (TPSA) is 102 Å². The number of sulfonamides is 1. The van der Waals surface area contributed by atoms with Gasteiger partial charge in [-0.15, -0.1) is 0 Å². The summed E-state index contributed by atoms with van der Waals surface area (Å²) >= 11 is 0. The number of nitrogens with one attached hydrogen (secondary N) is 1. The van der Waals surface area contributed by atoms with Gasteiger partial charge >= 0.3 is 0 Å². The van der Waals surface area contributed by atoms with Gasteiger partial charge in [0.2, 0.25) is 15.9 Å². The molecule has 0 aromatic heterocycles. The Bertz CT molecular complexity index is 655. The van der Waals surface area contributed by atoms with E-state index < -0.39 is 10.0 Å². The zero-order valence-corrected chi connectivity index (χ0v) is 14.1. The molecule has 1 aliphatic rings. The minimum absolute atomic E-state index is 0.127. The summed E-state index contributed by atoms with van der Waals surface area (Å²) in [5, 5.41) is 2.72. The van der Waals surface area contributed by atoms with Gasteiger partial charge in [-0.05, 0) is 37.9 Å². The Morgan fingerprint density at radius 2 is 2.04 bits per heavy atom. The molecule has 0 atom stereocenters. The summed E-state index contributed by atoms with van der Waals surface area (Å²) < 4.78 is 31.9. The van der Waals surface area contributed by atoms with E-state index >= 15 is 0 Å². The number of nitrogens with two attached hydrogens (primary N) is 1. The first kappa shape index (κ1) is 17.7. The molecule has 128 valence electrons. The molecule has 0 aliphatic carbocycles. The van der Waals surface area contributed by atoms with Gasteiger partial charge in [-0.2, -0.15) is 4.31 Å². The monoisotopic (exact) mass is 341 g/mol. The Hall–Kier alpha value is -1.64. The molecule has 0 saturated carbocycles. The highest BCUT2D eigenvalue weighted by molar-refractivity contribution is 7.89.